The highest BCUT2D eigenvalue weighted by molar-refractivity contribution is 5.94. The zero-order valence-electron chi connectivity index (χ0n) is 13.8. The second-order valence-electron chi connectivity index (χ2n) is 6.55. The standard InChI is InChI=1S/C19H27F2NO/c20-15-12-13-17(18(21)14-15)19(23)22-16-10-8-6-4-2-1-3-5-7-9-11-16/h12-14,16H,1-11H2,(H,22,23). The van der Waals surface area contributed by atoms with Gasteiger partial charge in [-0.25, -0.2) is 8.78 Å². The van der Waals surface area contributed by atoms with E-state index < -0.39 is 17.5 Å². The normalized spacial score (nSPS) is 18.7. The van der Waals surface area contributed by atoms with Crippen LogP contribution in [-0.2, 0) is 0 Å². The summed E-state index contributed by atoms with van der Waals surface area (Å²) in [6.45, 7) is 0. The molecule has 2 nitrogen and oxygen atoms in total. The topological polar surface area (TPSA) is 29.1 Å². The third-order valence-corrected chi connectivity index (χ3v) is 4.62. The summed E-state index contributed by atoms with van der Waals surface area (Å²) in [6, 6.07) is 3.19. The Bertz CT molecular complexity index is 492. The molecule has 1 aromatic rings. The summed E-state index contributed by atoms with van der Waals surface area (Å²) in [5.74, 6) is -1.89. The smallest absolute Gasteiger partial charge is 0.254 e. The van der Waals surface area contributed by atoms with Gasteiger partial charge in [-0.15, -0.1) is 0 Å². The van der Waals surface area contributed by atoms with Gasteiger partial charge in [-0.05, 0) is 25.0 Å². The van der Waals surface area contributed by atoms with Crippen molar-refractivity contribution in [1.29, 1.82) is 0 Å². The van der Waals surface area contributed by atoms with Crippen LogP contribution in [0.25, 0.3) is 0 Å². The lowest BCUT2D eigenvalue weighted by Crippen LogP contribution is -2.35. The molecule has 2 rings (SSSR count). The van der Waals surface area contributed by atoms with Gasteiger partial charge in [-0.1, -0.05) is 57.8 Å². The van der Waals surface area contributed by atoms with Crippen LogP contribution < -0.4 is 5.32 Å². The van der Waals surface area contributed by atoms with Crippen molar-refractivity contribution in [2.24, 2.45) is 0 Å². The van der Waals surface area contributed by atoms with E-state index in [0.29, 0.717) is 0 Å². The maximum Gasteiger partial charge on any atom is 0.254 e. The molecule has 128 valence electrons. The van der Waals surface area contributed by atoms with Crippen LogP contribution in [0.1, 0.15) is 81.0 Å². The fraction of sp³-hybridized carbons (Fsp3) is 0.632. The number of nitrogens with one attached hydrogen (secondary N) is 1. The molecule has 1 aliphatic rings. The first-order chi connectivity index (χ1) is 11.2. The minimum Gasteiger partial charge on any atom is -0.349 e. The molecule has 0 spiro atoms. The second-order valence-corrected chi connectivity index (χ2v) is 6.55. The molecule has 23 heavy (non-hydrogen) atoms. The molecular formula is C19H27F2NO. The summed E-state index contributed by atoms with van der Waals surface area (Å²) >= 11 is 0. The summed E-state index contributed by atoms with van der Waals surface area (Å²) in [7, 11) is 0. The van der Waals surface area contributed by atoms with Gasteiger partial charge in [0.1, 0.15) is 11.6 Å². The van der Waals surface area contributed by atoms with Crippen LogP contribution in [0.15, 0.2) is 18.2 Å². The summed E-state index contributed by atoms with van der Waals surface area (Å²) in [6.07, 6.45) is 12.9. The molecule has 1 fully saturated rings. The first-order valence-electron chi connectivity index (χ1n) is 8.93. The van der Waals surface area contributed by atoms with E-state index in [1.165, 1.54) is 51.0 Å². The van der Waals surface area contributed by atoms with Gasteiger partial charge >= 0.3 is 0 Å². The van der Waals surface area contributed by atoms with Crippen LogP contribution in [-0.4, -0.2) is 11.9 Å². The van der Waals surface area contributed by atoms with Crippen molar-refractivity contribution in [3.8, 4) is 0 Å². The number of amides is 1. The van der Waals surface area contributed by atoms with Crippen LogP contribution in [0.2, 0.25) is 0 Å². The quantitative estimate of drug-likeness (QED) is 0.779. The lowest BCUT2D eigenvalue weighted by molar-refractivity contribution is 0.0927. The van der Waals surface area contributed by atoms with Gasteiger partial charge in [0.2, 0.25) is 0 Å². The molecule has 4 heteroatoms. The van der Waals surface area contributed by atoms with Gasteiger partial charge in [0.25, 0.3) is 5.91 Å². The van der Waals surface area contributed by atoms with Crippen molar-refractivity contribution in [1.82, 2.24) is 5.32 Å². The van der Waals surface area contributed by atoms with Crippen LogP contribution in [0.3, 0.4) is 0 Å². The van der Waals surface area contributed by atoms with Crippen molar-refractivity contribution in [2.45, 2.75) is 76.7 Å². The van der Waals surface area contributed by atoms with E-state index >= 15 is 0 Å². The van der Waals surface area contributed by atoms with Crippen molar-refractivity contribution < 1.29 is 13.6 Å². The first-order valence-corrected chi connectivity index (χ1v) is 8.93. The molecular weight excluding hydrogens is 296 g/mol. The summed E-state index contributed by atoms with van der Waals surface area (Å²) in [5, 5.41) is 2.95. The minimum absolute atomic E-state index is 0.0717. The van der Waals surface area contributed by atoms with Gasteiger partial charge in [-0.3, -0.25) is 4.79 Å². The maximum absolute atomic E-state index is 13.7. The van der Waals surface area contributed by atoms with Crippen LogP contribution in [0, 0.1) is 11.6 Å². The van der Waals surface area contributed by atoms with Crippen molar-refractivity contribution in [3.05, 3.63) is 35.4 Å². The Balaban J connectivity index is 1.92. The van der Waals surface area contributed by atoms with Crippen molar-refractivity contribution in [3.63, 3.8) is 0 Å². The Morgan fingerprint density at radius 2 is 1.39 bits per heavy atom. The molecule has 0 radical (unpaired) electrons. The summed E-state index contributed by atoms with van der Waals surface area (Å²) in [4.78, 5) is 12.2. The second kappa shape index (κ2) is 9.64. The first kappa shape index (κ1) is 17.9. The van der Waals surface area contributed by atoms with Gasteiger partial charge < -0.3 is 5.32 Å². The van der Waals surface area contributed by atoms with E-state index in [-0.39, 0.29) is 11.6 Å². The number of benzene rings is 1. The Kier molecular flexibility index (Phi) is 7.50. The molecule has 0 heterocycles. The molecule has 1 saturated carbocycles. The highest BCUT2D eigenvalue weighted by Gasteiger charge is 2.17. The summed E-state index contributed by atoms with van der Waals surface area (Å²) < 4.78 is 26.7. The largest absolute Gasteiger partial charge is 0.349 e. The molecule has 0 bridgehead atoms. The molecule has 1 amide bonds. The number of halogens is 2. The van der Waals surface area contributed by atoms with Gasteiger partial charge in [-0.2, -0.15) is 0 Å². The Hall–Kier alpha value is -1.45. The molecule has 0 saturated heterocycles. The highest BCUT2D eigenvalue weighted by Crippen LogP contribution is 2.18. The lowest BCUT2D eigenvalue weighted by atomic mass is 9.97. The average Bonchev–Trinajstić information content (AvgIpc) is 2.49. The van der Waals surface area contributed by atoms with Crippen molar-refractivity contribution >= 4 is 5.91 Å². The highest BCUT2D eigenvalue weighted by atomic mass is 19.1. The van der Waals surface area contributed by atoms with Gasteiger partial charge in [0.15, 0.2) is 0 Å². The maximum atomic E-state index is 13.7. The molecule has 0 aromatic heterocycles. The van der Waals surface area contributed by atoms with E-state index in [4.69, 9.17) is 0 Å². The predicted molar refractivity (Wildman–Crippen MR) is 88.4 cm³/mol. The van der Waals surface area contributed by atoms with E-state index in [1.54, 1.807) is 0 Å². The number of hydrogen-bond acceptors (Lipinski definition) is 1. The Morgan fingerprint density at radius 1 is 0.870 bits per heavy atom. The molecule has 0 atom stereocenters. The monoisotopic (exact) mass is 323 g/mol. The molecule has 0 aliphatic heterocycles. The summed E-state index contributed by atoms with van der Waals surface area (Å²) in [5.41, 5.74) is -0.0717. The molecule has 0 unspecified atom stereocenters. The van der Waals surface area contributed by atoms with E-state index in [1.807, 2.05) is 0 Å². The zero-order chi connectivity index (χ0) is 16.5. The minimum atomic E-state index is -0.796. The van der Waals surface area contributed by atoms with Gasteiger partial charge in [0, 0.05) is 12.1 Å². The number of rotatable bonds is 2. The van der Waals surface area contributed by atoms with E-state index in [0.717, 1.165) is 37.8 Å². The molecule has 1 aromatic carbocycles. The number of carbonyl (C=O) groups excluding carboxylic acids is 1. The third-order valence-electron chi connectivity index (χ3n) is 4.62. The predicted octanol–water partition coefficient (Wildman–Crippen LogP) is 5.37. The van der Waals surface area contributed by atoms with Crippen LogP contribution in [0.4, 0.5) is 8.78 Å². The zero-order valence-corrected chi connectivity index (χ0v) is 13.8. The van der Waals surface area contributed by atoms with Crippen LogP contribution in [0.5, 0.6) is 0 Å². The number of carbonyl (C=O) groups is 1. The lowest BCUT2D eigenvalue weighted by Gasteiger charge is -2.20. The molecule has 1 N–H and O–H groups in total. The SMILES string of the molecule is O=C(NC1CCCCCCCCCCC1)c1ccc(F)cc1F. The van der Waals surface area contributed by atoms with Crippen LogP contribution >= 0.6 is 0 Å². The van der Waals surface area contributed by atoms with E-state index in [9.17, 15) is 13.6 Å². The Labute approximate surface area is 137 Å². The Morgan fingerprint density at radius 3 is 1.91 bits per heavy atom. The third kappa shape index (κ3) is 6.28. The fourth-order valence-corrected chi connectivity index (χ4v) is 3.24. The average molecular weight is 323 g/mol. The molecule has 1 aliphatic carbocycles. The fourth-order valence-electron chi connectivity index (χ4n) is 3.24. The number of hydrogen-bond donors (Lipinski definition) is 1. The van der Waals surface area contributed by atoms with Gasteiger partial charge in [0.05, 0.1) is 5.56 Å². The van der Waals surface area contributed by atoms with E-state index in [2.05, 4.69) is 5.32 Å². The van der Waals surface area contributed by atoms with Crippen molar-refractivity contribution in [2.75, 3.05) is 0 Å².